The number of hydrogen-bond donors (Lipinski definition) is 1. The van der Waals surface area contributed by atoms with Gasteiger partial charge in [-0.2, -0.15) is 11.8 Å². The highest BCUT2D eigenvalue weighted by Gasteiger charge is 2.22. The molecule has 20 heavy (non-hydrogen) atoms. The molecule has 0 aliphatic carbocycles. The number of fused-ring (bicyclic) bond motifs is 1. The monoisotopic (exact) mass is 290 g/mol. The summed E-state index contributed by atoms with van der Waals surface area (Å²) in [5.41, 5.74) is 2.36. The van der Waals surface area contributed by atoms with E-state index >= 15 is 0 Å². The summed E-state index contributed by atoms with van der Waals surface area (Å²) in [6.45, 7) is 5.28. The molecule has 1 saturated heterocycles. The lowest BCUT2D eigenvalue weighted by molar-refractivity contribution is 0.223. The van der Waals surface area contributed by atoms with Gasteiger partial charge in [-0.05, 0) is 20.0 Å². The normalized spacial score (nSPS) is 20.6. The first-order valence-corrected chi connectivity index (χ1v) is 8.40. The number of nitrogens with one attached hydrogen (secondary N) is 1. The van der Waals surface area contributed by atoms with E-state index in [-0.39, 0.29) is 0 Å². The van der Waals surface area contributed by atoms with E-state index in [0.717, 1.165) is 24.4 Å². The fourth-order valence-corrected chi connectivity index (χ4v) is 3.91. The zero-order valence-electron chi connectivity index (χ0n) is 12.2. The van der Waals surface area contributed by atoms with Crippen molar-refractivity contribution in [1.82, 2.24) is 10.2 Å². The van der Waals surface area contributed by atoms with E-state index in [4.69, 9.17) is 4.42 Å². The lowest BCUT2D eigenvalue weighted by Gasteiger charge is -2.32. The van der Waals surface area contributed by atoms with Gasteiger partial charge in [0, 0.05) is 41.6 Å². The molecule has 4 heteroatoms. The Balaban J connectivity index is 1.93. The van der Waals surface area contributed by atoms with Gasteiger partial charge in [0.2, 0.25) is 0 Å². The quantitative estimate of drug-likeness (QED) is 0.936. The smallest absolute Gasteiger partial charge is 0.134 e. The van der Waals surface area contributed by atoms with Crippen LogP contribution in [0.1, 0.15) is 18.2 Å². The number of thioether (sulfide) groups is 1. The van der Waals surface area contributed by atoms with E-state index in [1.54, 1.807) is 0 Å². The summed E-state index contributed by atoms with van der Waals surface area (Å²) in [7, 11) is 1.97. The maximum atomic E-state index is 6.02. The van der Waals surface area contributed by atoms with Gasteiger partial charge in [0.1, 0.15) is 11.3 Å². The van der Waals surface area contributed by atoms with Gasteiger partial charge in [-0.1, -0.05) is 18.2 Å². The van der Waals surface area contributed by atoms with Crippen LogP contribution in [0.25, 0.3) is 11.0 Å². The minimum atomic E-state index is 0.643. The second kappa shape index (κ2) is 6.20. The third-order valence-corrected chi connectivity index (χ3v) is 5.18. The predicted molar refractivity (Wildman–Crippen MR) is 86.2 cm³/mol. The van der Waals surface area contributed by atoms with Crippen LogP contribution >= 0.6 is 11.8 Å². The van der Waals surface area contributed by atoms with Gasteiger partial charge in [0.05, 0.1) is 6.54 Å². The maximum Gasteiger partial charge on any atom is 0.134 e. The highest BCUT2D eigenvalue weighted by molar-refractivity contribution is 7.99. The van der Waals surface area contributed by atoms with Crippen molar-refractivity contribution < 1.29 is 4.42 Å². The molecule has 0 amide bonds. The summed E-state index contributed by atoms with van der Waals surface area (Å²) in [5.74, 6) is 3.55. The molecule has 1 aliphatic heterocycles. The summed E-state index contributed by atoms with van der Waals surface area (Å²) in [6, 6.07) is 9.02. The summed E-state index contributed by atoms with van der Waals surface area (Å²) in [6.07, 6.45) is 0. The lowest BCUT2D eigenvalue weighted by Crippen LogP contribution is -2.39. The Morgan fingerprint density at radius 1 is 1.40 bits per heavy atom. The van der Waals surface area contributed by atoms with Crippen molar-refractivity contribution in [3.8, 4) is 0 Å². The van der Waals surface area contributed by atoms with Gasteiger partial charge in [0.15, 0.2) is 0 Å². The molecule has 1 N–H and O–H groups in total. The van der Waals surface area contributed by atoms with Crippen LogP contribution in [0.4, 0.5) is 0 Å². The molecule has 1 fully saturated rings. The Hall–Kier alpha value is -0.970. The van der Waals surface area contributed by atoms with E-state index in [2.05, 4.69) is 47.1 Å². The van der Waals surface area contributed by atoms with Crippen LogP contribution in [0, 0.1) is 0 Å². The topological polar surface area (TPSA) is 28.4 Å². The lowest BCUT2D eigenvalue weighted by atomic mass is 10.1. The minimum absolute atomic E-state index is 0.643. The van der Waals surface area contributed by atoms with Gasteiger partial charge in [-0.25, -0.2) is 0 Å². The number of nitrogens with zero attached hydrogens (tertiary/aromatic N) is 1. The predicted octanol–water partition coefficient (Wildman–Crippen LogP) is 3.09. The van der Waals surface area contributed by atoms with Crippen LogP contribution in [0.5, 0.6) is 0 Å². The van der Waals surface area contributed by atoms with Crippen LogP contribution in [0.3, 0.4) is 0 Å². The van der Waals surface area contributed by atoms with Crippen LogP contribution in [0.2, 0.25) is 0 Å². The summed E-state index contributed by atoms with van der Waals surface area (Å²) < 4.78 is 6.02. The second-order valence-corrected chi connectivity index (χ2v) is 6.57. The number of hydrogen-bond acceptors (Lipinski definition) is 4. The fraction of sp³-hybridized carbons (Fsp3) is 0.500. The molecule has 2 heterocycles. The molecule has 0 radical (unpaired) electrons. The Bertz CT molecular complexity index is 581. The zero-order valence-corrected chi connectivity index (χ0v) is 13.0. The first kappa shape index (κ1) is 14.0. The van der Waals surface area contributed by atoms with Gasteiger partial charge < -0.3 is 9.73 Å². The van der Waals surface area contributed by atoms with E-state index < -0.39 is 0 Å². The first-order chi connectivity index (χ1) is 9.79. The molecule has 0 saturated carbocycles. The third-order valence-electron chi connectivity index (χ3n) is 3.99. The van der Waals surface area contributed by atoms with Crippen molar-refractivity contribution in [1.29, 1.82) is 0 Å². The average molecular weight is 290 g/mol. The molecule has 3 rings (SSSR count). The van der Waals surface area contributed by atoms with E-state index in [9.17, 15) is 0 Å². The molecule has 0 bridgehead atoms. The highest BCUT2D eigenvalue weighted by Crippen LogP contribution is 2.29. The fourth-order valence-electron chi connectivity index (χ4n) is 2.83. The van der Waals surface area contributed by atoms with Crippen LogP contribution < -0.4 is 5.32 Å². The summed E-state index contributed by atoms with van der Waals surface area (Å²) in [4.78, 5) is 2.58. The van der Waals surface area contributed by atoms with Crippen molar-refractivity contribution >= 4 is 22.7 Å². The SMILES string of the molecule is CNCc1oc2ccccc2c1CN1CCSCC1C. The molecular weight excluding hydrogens is 268 g/mol. The average Bonchev–Trinajstić information content (AvgIpc) is 2.80. The molecule has 108 valence electrons. The van der Waals surface area contributed by atoms with E-state index in [0.29, 0.717) is 6.04 Å². The molecule has 1 unspecified atom stereocenters. The Morgan fingerprint density at radius 3 is 3.05 bits per heavy atom. The number of rotatable bonds is 4. The highest BCUT2D eigenvalue weighted by atomic mass is 32.2. The minimum Gasteiger partial charge on any atom is -0.459 e. The van der Waals surface area contributed by atoms with Crippen LogP contribution in [0.15, 0.2) is 28.7 Å². The van der Waals surface area contributed by atoms with Crippen LogP contribution in [-0.4, -0.2) is 36.0 Å². The van der Waals surface area contributed by atoms with Crippen molar-refractivity contribution in [2.24, 2.45) is 0 Å². The molecule has 1 aliphatic rings. The van der Waals surface area contributed by atoms with Gasteiger partial charge >= 0.3 is 0 Å². The van der Waals surface area contributed by atoms with Crippen molar-refractivity contribution in [3.05, 3.63) is 35.6 Å². The number of benzene rings is 1. The second-order valence-electron chi connectivity index (χ2n) is 5.42. The van der Waals surface area contributed by atoms with E-state index in [1.807, 2.05) is 13.1 Å². The molecular formula is C16H22N2OS. The first-order valence-electron chi connectivity index (χ1n) is 7.25. The Labute approximate surface area is 124 Å². The van der Waals surface area contributed by atoms with Gasteiger partial charge in [-0.3, -0.25) is 4.90 Å². The Morgan fingerprint density at radius 2 is 2.25 bits per heavy atom. The molecule has 0 spiro atoms. The number of furan rings is 1. The van der Waals surface area contributed by atoms with Gasteiger partial charge in [-0.15, -0.1) is 0 Å². The summed E-state index contributed by atoms with van der Waals surface area (Å²) >= 11 is 2.06. The molecule has 3 nitrogen and oxygen atoms in total. The van der Waals surface area contributed by atoms with Crippen LogP contribution in [-0.2, 0) is 13.1 Å². The van der Waals surface area contributed by atoms with Crippen molar-refractivity contribution in [2.45, 2.75) is 26.1 Å². The Kier molecular flexibility index (Phi) is 4.34. The molecule has 1 aromatic heterocycles. The summed E-state index contributed by atoms with van der Waals surface area (Å²) in [5, 5.41) is 4.48. The zero-order chi connectivity index (χ0) is 13.9. The third kappa shape index (κ3) is 2.73. The van der Waals surface area contributed by atoms with Gasteiger partial charge in [0.25, 0.3) is 0 Å². The largest absolute Gasteiger partial charge is 0.459 e. The standard InChI is InChI=1S/C16H22N2OS/c1-12-11-20-8-7-18(12)10-14-13-5-3-4-6-15(13)19-16(14)9-17-2/h3-6,12,17H,7-11H2,1-2H3. The molecule has 1 aromatic carbocycles. The molecule has 2 aromatic rings. The van der Waals surface area contributed by atoms with Crippen molar-refractivity contribution in [2.75, 3.05) is 25.1 Å². The maximum absolute atomic E-state index is 6.02. The molecule has 1 atom stereocenters. The van der Waals surface area contributed by atoms with Crippen molar-refractivity contribution in [3.63, 3.8) is 0 Å². The van der Waals surface area contributed by atoms with E-state index in [1.165, 1.54) is 29.0 Å². The number of para-hydroxylation sites is 1.